The lowest BCUT2D eigenvalue weighted by molar-refractivity contribution is -0.115. The number of thiazole rings is 1. The molecule has 2 N–H and O–H groups in total. The van der Waals surface area contributed by atoms with Gasteiger partial charge in [0.05, 0.1) is 30.8 Å². The summed E-state index contributed by atoms with van der Waals surface area (Å²) in [6.07, 6.45) is 1.07. The average Bonchev–Trinajstić information content (AvgIpc) is 3.23. The van der Waals surface area contributed by atoms with Crippen LogP contribution in [0.5, 0.6) is 0 Å². The Balaban J connectivity index is 1.50. The van der Waals surface area contributed by atoms with Gasteiger partial charge in [0.15, 0.2) is 5.82 Å². The van der Waals surface area contributed by atoms with Crippen LogP contribution >= 0.6 is 11.3 Å². The Hall–Kier alpha value is -2.51. The van der Waals surface area contributed by atoms with Gasteiger partial charge in [0.25, 0.3) is 0 Å². The van der Waals surface area contributed by atoms with Gasteiger partial charge in [-0.15, -0.1) is 11.3 Å². The van der Waals surface area contributed by atoms with Crippen molar-refractivity contribution in [3.63, 3.8) is 0 Å². The highest BCUT2D eigenvalue weighted by Crippen LogP contribution is 2.26. The summed E-state index contributed by atoms with van der Waals surface area (Å²) in [6, 6.07) is 9.89. The molecule has 0 bridgehead atoms. The normalized spacial score (nSPS) is 13.5. The van der Waals surface area contributed by atoms with Crippen LogP contribution in [0, 0.1) is 0 Å². The summed E-state index contributed by atoms with van der Waals surface area (Å²) < 4.78 is 5.44. The van der Waals surface area contributed by atoms with Crippen LogP contribution in [-0.2, 0) is 29.0 Å². The molecule has 1 amide bonds. The van der Waals surface area contributed by atoms with E-state index in [-0.39, 0.29) is 12.3 Å². The van der Waals surface area contributed by atoms with Crippen LogP contribution in [-0.4, -0.2) is 27.7 Å². The fourth-order valence-electron chi connectivity index (χ4n) is 2.76. The lowest BCUT2D eigenvalue weighted by atomic mass is 10.1. The zero-order valence-electron chi connectivity index (χ0n) is 12.9. The van der Waals surface area contributed by atoms with Crippen molar-refractivity contribution in [1.29, 1.82) is 0 Å². The summed E-state index contributed by atoms with van der Waals surface area (Å²) in [7, 11) is 0. The Morgan fingerprint density at radius 2 is 2.21 bits per heavy atom. The molecule has 0 saturated carbocycles. The second kappa shape index (κ2) is 6.54. The van der Waals surface area contributed by atoms with Gasteiger partial charge in [0.1, 0.15) is 0 Å². The molecule has 3 aromatic rings. The third kappa shape index (κ3) is 2.95. The first-order valence-electron chi connectivity index (χ1n) is 7.73. The molecule has 0 fully saturated rings. The molecular formula is C17H16N4O2S. The highest BCUT2D eigenvalue weighted by Gasteiger charge is 2.20. The number of anilines is 1. The number of nitrogens with zero attached hydrogens (tertiary/aromatic N) is 2. The summed E-state index contributed by atoms with van der Waals surface area (Å²) in [6.45, 7) is 1.17. The predicted molar refractivity (Wildman–Crippen MR) is 91.8 cm³/mol. The van der Waals surface area contributed by atoms with Gasteiger partial charge in [-0.1, -0.05) is 30.3 Å². The summed E-state index contributed by atoms with van der Waals surface area (Å²) in [4.78, 5) is 17.8. The van der Waals surface area contributed by atoms with E-state index in [4.69, 9.17) is 4.74 Å². The predicted octanol–water partition coefficient (Wildman–Crippen LogP) is 2.79. The Labute approximate surface area is 142 Å². The van der Waals surface area contributed by atoms with Crippen LogP contribution in [0.25, 0.3) is 11.3 Å². The second-order valence-corrected chi connectivity index (χ2v) is 6.49. The second-order valence-electron chi connectivity index (χ2n) is 5.55. The first-order valence-corrected chi connectivity index (χ1v) is 8.60. The Morgan fingerprint density at radius 3 is 3.08 bits per heavy atom. The van der Waals surface area contributed by atoms with E-state index < -0.39 is 0 Å². The number of carbonyl (C=O) groups is 1. The molecule has 0 atom stereocenters. The van der Waals surface area contributed by atoms with E-state index in [1.54, 1.807) is 5.51 Å². The molecule has 2 aromatic heterocycles. The van der Waals surface area contributed by atoms with E-state index in [0.717, 1.165) is 33.8 Å². The number of aromatic nitrogens is 3. The molecule has 0 unspecified atom stereocenters. The third-order valence-corrected chi connectivity index (χ3v) is 4.80. The van der Waals surface area contributed by atoms with Gasteiger partial charge in [0, 0.05) is 28.1 Å². The molecule has 4 rings (SSSR count). The summed E-state index contributed by atoms with van der Waals surface area (Å²) in [5.74, 6) is 0.469. The molecule has 1 aliphatic heterocycles. The quantitative estimate of drug-likeness (QED) is 0.765. The van der Waals surface area contributed by atoms with E-state index in [1.165, 1.54) is 11.3 Å². The maximum absolute atomic E-state index is 12.4. The summed E-state index contributed by atoms with van der Waals surface area (Å²) in [5, 5.41) is 10.1. The number of hydrogen-bond donors (Lipinski definition) is 2. The van der Waals surface area contributed by atoms with E-state index in [2.05, 4.69) is 20.5 Å². The largest absolute Gasteiger partial charge is 0.376 e. The molecule has 122 valence electrons. The number of hydrogen-bond acceptors (Lipinski definition) is 5. The SMILES string of the molecule is O=C(Cc1scnc1-c1ccccc1)Nc1n[nH]c2c1COCC2. The Kier molecular flexibility index (Phi) is 4.10. The topological polar surface area (TPSA) is 79.9 Å². The molecule has 1 aromatic carbocycles. The van der Waals surface area contributed by atoms with Crippen LogP contribution in [0.1, 0.15) is 16.1 Å². The van der Waals surface area contributed by atoms with Gasteiger partial charge in [-0.2, -0.15) is 5.10 Å². The molecule has 1 aliphatic rings. The molecule has 24 heavy (non-hydrogen) atoms. The van der Waals surface area contributed by atoms with E-state index in [9.17, 15) is 4.79 Å². The van der Waals surface area contributed by atoms with Gasteiger partial charge >= 0.3 is 0 Å². The van der Waals surface area contributed by atoms with E-state index >= 15 is 0 Å². The molecule has 0 spiro atoms. The fourth-order valence-corrected chi connectivity index (χ4v) is 3.55. The van der Waals surface area contributed by atoms with Crippen LogP contribution < -0.4 is 5.32 Å². The average molecular weight is 340 g/mol. The number of benzene rings is 1. The summed E-state index contributed by atoms with van der Waals surface area (Å²) >= 11 is 1.49. The minimum absolute atomic E-state index is 0.101. The number of ether oxygens (including phenoxy) is 1. The van der Waals surface area contributed by atoms with Gasteiger partial charge in [-0.3, -0.25) is 9.89 Å². The van der Waals surface area contributed by atoms with Crippen molar-refractivity contribution in [3.05, 3.63) is 52.0 Å². The number of fused-ring (bicyclic) bond motifs is 1. The highest BCUT2D eigenvalue weighted by atomic mass is 32.1. The van der Waals surface area contributed by atoms with Gasteiger partial charge in [0.2, 0.25) is 5.91 Å². The van der Waals surface area contributed by atoms with E-state index in [1.807, 2.05) is 30.3 Å². The lowest BCUT2D eigenvalue weighted by Crippen LogP contribution is -2.17. The van der Waals surface area contributed by atoms with Gasteiger partial charge < -0.3 is 10.1 Å². The molecule has 0 radical (unpaired) electrons. The molecule has 0 aliphatic carbocycles. The Bertz CT molecular complexity index is 857. The standard InChI is InChI=1S/C17H16N4O2S/c22-15(19-17-12-9-23-7-6-13(12)20-21-17)8-14-16(18-10-24-14)11-4-2-1-3-5-11/h1-5,10H,6-9H2,(H2,19,20,21,22). The molecule has 6 nitrogen and oxygen atoms in total. The number of rotatable bonds is 4. The minimum atomic E-state index is -0.101. The maximum Gasteiger partial charge on any atom is 0.230 e. The van der Waals surface area contributed by atoms with Crippen molar-refractivity contribution in [3.8, 4) is 11.3 Å². The Morgan fingerprint density at radius 1 is 1.33 bits per heavy atom. The number of aromatic amines is 1. The van der Waals surface area contributed by atoms with Gasteiger partial charge in [-0.05, 0) is 0 Å². The van der Waals surface area contributed by atoms with Crippen LogP contribution in [0.15, 0.2) is 35.8 Å². The van der Waals surface area contributed by atoms with Crippen molar-refractivity contribution in [1.82, 2.24) is 15.2 Å². The maximum atomic E-state index is 12.4. The number of H-pyrrole nitrogens is 1. The van der Waals surface area contributed by atoms with Crippen LogP contribution in [0.4, 0.5) is 5.82 Å². The summed E-state index contributed by atoms with van der Waals surface area (Å²) in [5.41, 5.74) is 5.64. The molecule has 0 saturated heterocycles. The number of carbonyl (C=O) groups excluding carboxylic acids is 1. The van der Waals surface area contributed by atoms with Crippen molar-refractivity contribution in [2.75, 3.05) is 11.9 Å². The first-order chi connectivity index (χ1) is 11.8. The monoisotopic (exact) mass is 340 g/mol. The first kappa shape index (κ1) is 15.0. The zero-order chi connectivity index (χ0) is 16.4. The number of nitrogens with one attached hydrogen (secondary N) is 2. The van der Waals surface area contributed by atoms with Crippen molar-refractivity contribution >= 4 is 23.1 Å². The molecule has 3 heterocycles. The number of amides is 1. The van der Waals surface area contributed by atoms with Crippen molar-refractivity contribution < 1.29 is 9.53 Å². The smallest absolute Gasteiger partial charge is 0.230 e. The minimum Gasteiger partial charge on any atom is -0.376 e. The van der Waals surface area contributed by atoms with Gasteiger partial charge in [-0.25, -0.2) is 4.98 Å². The molecule has 7 heteroatoms. The van der Waals surface area contributed by atoms with Crippen LogP contribution in [0.3, 0.4) is 0 Å². The van der Waals surface area contributed by atoms with E-state index in [0.29, 0.717) is 19.0 Å². The molecular weight excluding hydrogens is 324 g/mol. The fraction of sp³-hybridized carbons (Fsp3) is 0.235. The third-order valence-electron chi connectivity index (χ3n) is 3.96. The van der Waals surface area contributed by atoms with Crippen LogP contribution in [0.2, 0.25) is 0 Å². The zero-order valence-corrected chi connectivity index (χ0v) is 13.7. The lowest BCUT2D eigenvalue weighted by Gasteiger charge is -2.12. The van der Waals surface area contributed by atoms with Crippen molar-refractivity contribution in [2.45, 2.75) is 19.4 Å². The highest BCUT2D eigenvalue weighted by molar-refractivity contribution is 7.10. The van der Waals surface area contributed by atoms with Crippen molar-refractivity contribution in [2.24, 2.45) is 0 Å².